The fourth-order valence-electron chi connectivity index (χ4n) is 1.09. The van der Waals surface area contributed by atoms with Gasteiger partial charge in [-0.05, 0) is 35.6 Å². The number of hydrogen-bond donors (Lipinski definition) is 1. The Bertz CT molecular complexity index is 298. The highest BCUT2D eigenvalue weighted by molar-refractivity contribution is 7.97. The molecule has 0 bridgehead atoms. The highest BCUT2D eigenvalue weighted by atomic mass is 32.2. The molecule has 0 fully saturated rings. The number of hydrogen-bond acceptors (Lipinski definition) is 3. The fraction of sp³-hybridized carbons (Fsp3) is 0.400. The van der Waals surface area contributed by atoms with E-state index in [0.717, 1.165) is 5.71 Å². The molecule has 1 rings (SSSR count). The van der Waals surface area contributed by atoms with Crippen LogP contribution in [0, 0.1) is 11.3 Å². The molecule has 1 N–H and O–H groups in total. The molecule has 0 radical (unpaired) electrons. The molecule has 0 heterocycles. The van der Waals surface area contributed by atoms with Crippen molar-refractivity contribution in [2.75, 3.05) is 6.26 Å². The van der Waals surface area contributed by atoms with Crippen molar-refractivity contribution in [2.24, 2.45) is 10.3 Å². The second-order valence-corrected chi connectivity index (χ2v) is 3.75. The highest BCUT2D eigenvalue weighted by Crippen LogP contribution is 2.16. The van der Waals surface area contributed by atoms with Crippen LogP contribution in [0.3, 0.4) is 0 Å². The molecule has 0 aromatic carbocycles. The summed E-state index contributed by atoms with van der Waals surface area (Å²) in [5.74, 6) is 0.479. The van der Waals surface area contributed by atoms with Gasteiger partial charge in [-0.3, -0.25) is 5.41 Å². The minimum Gasteiger partial charge on any atom is -0.299 e. The zero-order chi connectivity index (χ0) is 9.84. The molecular weight excluding hydrogens is 180 g/mol. The first kappa shape index (κ1) is 10.3. The van der Waals surface area contributed by atoms with E-state index >= 15 is 0 Å². The molecule has 0 saturated heterocycles. The van der Waals surface area contributed by atoms with Crippen LogP contribution in [-0.2, 0) is 0 Å². The van der Waals surface area contributed by atoms with Crippen LogP contribution in [0.2, 0.25) is 0 Å². The van der Waals surface area contributed by atoms with Crippen molar-refractivity contribution in [1.82, 2.24) is 0 Å². The first-order chi connectivity index (χ1) is 6.15. The molecule has 1 aliphatic rings. The predicted molar refractivity (Wildman–Crippen MR) is 60.7 cm³/mol. The standard InChI is InChI=1S/C10H14N2S/c1-7(2)8-4-5-10(12-13-3)9(11)6-8/h4-7,11H,1-3H3/b11-9?,12-10-. The fourth-order valence-corrected chi connectivity index (χ4v) is 1.45. The first-order valence-corrected chi connectivity index (χ1v) is 5.43. The average Bonchev–Trinajstić information content (AvgIpc) is 2.08. The van der Waals surface area contributed by atoms with Crippen LogP contribution in [0.1, 0.15) is 13.8 Å². The van der Waals surface area contributed by atoms with Gasteiger partial charge in [-0.2, -0.15) is 0 Å². The average molecular weight is 194 g/mol. The van der Waals surface area contributed by atoms with E-state index < -0.39 is 0 Å². The third-order valence-corrected chi connectivity index (χ3v) is 2.26. The van der Waals surface area contributed by atoms with E-state index in [1.54, 1.807) is 0 Å². The van der Waals surface area contributed by atoms with E-state index in [0.29, 0.717) is 11.6 Å². The molecule has 0 aromatic heterocycles. The minimum atomic E-state index is 0.479. The minimum absolute atomic E-state index is 0.479. The molecule has 1 aliphatic carbocycles. The monoisotopic (exact) mass is 194 g/mol. The van der Waals surface area contributed by atoms with Crippen LogP contribution in [0.4, 0.5) is 0 Å². The van der Waals surface area contributed by atoms with Gasteiger partial charge in [0.05, 0.1) is 11.4 Å². The Labute approximate surface area is 83.5 Å². The molecule has 2 nitrogen and oxygen atoms in total. The molecule has 70 valence electrons. The maximum atomic E-state index is 7.70. The zero-order valence-electron chi connectivity index (χ0n) is 8.16. The number of rotatable bonds is 2. The summed E-state index contributed by atoms with van der Waals surface area (Å²) in [5.41, 5.74) is 2.47. The maximum absolute atomic E-state index is 7.70. The number of allylic oxidation sites excluding steroid dienone is 4. The Morgan fingerprint density at radius 1 is 1.38 bits per heavy atom. The lowest BCUT2D eigenvalue weighted by Gasteiger charge is -2.11. The van der Waals surface area contributed by atoms with Crippen LogP contribution in [0.15, 0.2) is 28.2 Å². The van der Waals surface area contributed by atoms with Gasteiger partial charge in [0.1, 0.15) is 0 Å². The van der Waals surface area contributed by atoms with Gasteiger partial charge in [0.2, 0.25) is 0 Å². The molecule has 0 spiro atoms. The lowest BCUT2D eigenvalue weighted by atomic mass is 9.95. The third kappa shape index (κ3) is 2.56. The topological polar surface area (TPSA) is 36.2 Å². The second-order valence-electron chi connectivity index (χ2n) is 3.21. The van der Waals surface area contributed by atoms with Crippen molar-refractivity contribution < 1.29 is 0 Å². The number of nitrogens with one attached hydrogen (secondary N) is 1. The summed E-state index contributed by atoms with van der Waals surface area (Å²) < 4.78 is 4.14. The summed E-state index contributed by atoms with van der Waals surface area (Å²) in [6.07, 6.45) is 7.74. The lowest BCUT2D eigenvalue weighted by Crippen LogP contribution is -2.12. The molecule has 0 unspecified atom stereocenters. The van der Waals surface area contributed by atoms with Crippen LogP contribution >= 0.6 is 11.9 Å². The number of nitrogens with zero attached hydrogens (tertiary/aromatic N) is 1. The summed E-state index contributed by atoms with van der Waals surface area (Å²) in [7, 11) is 0. The second kappa shape index (κ2) is 4.42. The van der Waals surface area contributed by atoms with Gasteiger partial charge >= 0.3 is 0 Å². The lowest BCUT2D eigenvalue weighted by molar-refractivity contribution is 0.792. The molecule has 0 amide bonds. The maximum Gasteiger partial charge on any atom is 0.0962 e. The Morgan fingerprint density at radius 2 is 2.08 bits per heavy atom. The van der Waals surface area contributed by atoms with Gasteiger partial charge in [0, 0.05) is 6.26 Å². The Hall–Kier alpha value is -0.830. The summed E-state index contributed by atoms with van der Waals surface area (Å²) in [5, 5.41) is 7.70. The Kier molecular flexibility index (Phi) is 3.48. The summed E-state index contributed by atoms with van der Waals surface area (Å²) >= 11 is 1.39. The van der Waals surface area contributed by atoms with E-state index in [2.05, 4.69) is 18.2 Å². The van der Waals surface area contributed by atoms with Crippen LogP contribution in [-0.4, -0.2) is 17.7 Å². The van der Waals surface area contributed by atoms with E-state index in [-0.39, 0.29) is 0 Å². The van der Waals surface area contributed by atoms with E-state index in [1.807, 2.05) is 24.5 Å². The van der Waals surface area contributed by atoms with Crippen molar-refractivity contribution in [3.05, 3.63) is 23.8 Å². The molecule has 0 aromatic rings. The smallest absolute Gasteiger partial charge is 0.0962 e. The summed E-state index contributed by atoms with van der Waals surface area (Å²) in [6, 6.07) is 0. The van der Waals surface area contributed by atoms with Crippen LogP contribution < -0.4 is 0 Å². The van der Waals surface area contributed by atoms with Crippen molar-refractivity contribution in [1.29, 1.82) is 5.41 Å². The van der Waals surface area contributed by atoms with E-state index in [9.17, 15) is 0 Å². The van der Waals surface area contributed by atoms with Gasteiger partial charge in [0.15, 0.2) is 0 Å². The quantitative estimate of drug-likeness (QED) is 0.532. The van der Waals surface area contributed by atoms with Crippen molar-refractivity contribution in [2.45, 2.75) is 13.8 Å². The van der Waals surface area contributed by atoms with Gasteiger partial charge in [-0.15, -0.1) is 0 Å². The Morgan fingerprint density at radius 3 is 2.54 bits per heavy atom. The molecular formula is C10H14N2S. The molecule has 0 saturated carbocycles. The molecule has 0 aliphatic heterocycles. The summed E-state index contributed by atoms with van der Waals surface area (Å²) in [4.78, 5) is 0. The molecule has 0 atom stereocenters. The molecule has 3 heteroatoms. The van der Waals surface area contributed by atoms with E-state index in [1.165, 1.54) is 17.5 Å². The van der Waals surface area contributed by atoms with Crippen molar-refractivity contribution in [3.63, 3.8) is 0 Å². The van der Waals surface area contributed by atoms with Gasteiger partial charge in [-0.1, -0.05) is 19.9 Å². The van der Waals surface area contributed by atoms with Gasteiger partial charge in [0.25, 0.3) is 0 Å². The first-order valence-electron chi connectivity index (χ1n) is 4.25. The summed E-state index contributed by atoms with van der Waals surface area (Å²) in [6.45, 7) is 4.25. The largest absolute Gasteiger partial charge is 0.299 e. The normalized spacial score (nSPS) is 19.8. The predicted octanol–water partition coefficient (Wildman–Crippen LogP) is 2.88. The van der Waals surface area contributed by atoms with E-state index in [4.69, 9.17) is 5.41 Å². The third-order valence-electron chi connectivity index (χ3n) is 1.88. The van der Waals surface area contributed by atoms with Gasteiger partial charge < -0.3 is 0 Å². The zero-order valence-corrected chi connectivity index (χ0v) is 8.98. The van der Waals surface area contributed by atoms with Crippen molar-refractivity contribution >= 4 is 23.4 Å². The Balaban J connectivity index is 2.85. The molecule has 13 heavy (non-hydrogen) atoms. The van der Waals surface area contributed by atoms with Gasteiger partial charge in [-0.25, -0.2) is 4.40 Å². The highest BCUT2D eigenvalue weighted by Gasteiger charge is 2.10. The SMILES string of the molecule is CS/N=C1/C=CC(C(C)C)=CC1=N. The van der Waals surface area contributed by atoms with Crippen LogP contribution in [0.25, 0.3) is 0 Å². The van der Waals surface area contributed by atoms with Crippen molar-refractivity contribution in [3.8, 4) is 0 Å². The van der Waals surface area contributed by atoms with Crippen LogP contribution in [0.5, 0.6) is 0 Å².